The van der Waals surface area contributed by atoms with Gasteiger partial charge < -0.3 is 5.73 Å². The molecule has 1 unspecified atom stereocenters. The molecule has 0 spiro atoms. The summed E-state index contributed by atoms with van der Waals surface area (Å²) in [5.41, 5.74) is 6.29. The van der Waals surface area contributed by atoms with Crippen LogP contribution in [0, 0.1) is 11.8 Å². The molecule has 1 fully saturated rings. The van der Waals surface area contributed by atoms with Crippen LogP contribution in [0.5, 0.6) is 0 Å². The van der Waals surface area contributed by atoms with Gasteiger partial charge in [-0.25, -0.2) is 0 Å². The summed E-state index contributed by atoms with van der Waals surface area (Å²) >= 11 is 0. The van der Waals surface area contributed by atoms with E-state index in [1.165, 1.54) is 19.3 Å². The van der Waals surface area contributed by atoms with Gasteiger partial charge in [0.25, 0.3) is 0 Å². The molecule has 1 aliphatic rings. The lowest BCUT2D eigenvalue weighted by Gasteiger charge is -2.56. The van der Waals surface area contributed by atoms with Crippen molar-refractivity contribution in [2.24, 2.45) is 17.6 Å². The highest BCUT2D eigenvalue weighted by Gasteiger charge is 2.47. The Morgan fingerprint density at radius 3 is 2.20 bits per heavy atom. The molecule has 1 saturated carbocycles. The minimum absolute atomic E-state index is 0.310. The van der Waals surface area contributed by atoms with E-state index in [4.69, 9.17) is 5.73 Å². The molecule has 0 saturated heterocycles. The molecule has 0 aliphatic heterocycles. The Hall–Kier alpha value is -0.0800. The van der Waals surface area contributed by atoms with Crippen LogP contribution in [0.3, 0.4) is 0 Å². The van der Waals surface area contributed by atoms with Crippen LogP contribution in [0.2, 0.25) is 0 Å². The quantitative estimate of drug-likeness (QED) is 0.758. The van der Waals surface area contributed by atoms with Crippen molar-refractivity contribution in [1.29, 1.82) is 0 Å². The van der Waals surface area contributed by atoms with Gasteiger partial charge >= 0.3 is 0 Å². The molecule has 0 aromatic heterocycles. The molecule has 1 aliphatic carbocycles. The summed E-state index contributed by atoms with van der Waals surface area (Å²) in [6, 6.07) is 0.654. The fourth-order valence-corrected chi connectivity index (χ4v) is 2.73. The highest BCUT2D eigenvalue weighted by molar-refractivity contribution is 5.04. The predicted octanol–water partition coefficient (Wildman–Crippen LogP) is 2.48. The van der Waals surface area contributed by atoms with Gasteiger partial charge in [-0.3, -0.25) is 4.90 Å². The average molecular weight is 212 g/mol. The summed E-state index contributed by atoms with van der Waals surface area (Å²) in [6.45, 7) is 10.0. The van der Waals surface area contributed by atoms with Crippen LogP contribution in [0.25, 0.3) is 0 Å². The van der Waals surface area contributed by atoms with E-state index in [0.717, 1.165) is 18.4 Å². The van der Waals surface area contributed by atoms with Gasteiger partial charge in [-0.1, -0.05) is 20.8 Å². The summed E-state index contributed by atoms with van der Waals surface area (Å²) in [7, 11) is 2.25. The number of nitrogens with zero attached hydrogens (tertiary/aromatic N) is 1. The van der Waals surface area contributed by atoms with Crippen LogP contribution in [-0.4, -0.2) is 30.1 Å². The molecule has 15 heavy (non-hydrogen) atoms. The monoisotopic (exact) mass is 212 g/mol. The Bertz CT molecular complexity index is 195. The Kier molecular flexibility index (Phi) is 4.19. The number of likely N-dealkylation sites (N-methyl/N-ethyl adjacent to an activating group) is 1. The van der Waals surface area contributed by atoms with Crippen molar-refractivity contribution >= 4 is 0 Å². The van der Waals surface area contributed by atoms with Gasteiger partial charge in [-0.2, -0.15) is 0 Å². The van der Waals surface area contributed by atoms with Crippen molar-refractivity contribution in [2.75, 3.05) is 13.6 Å². The Morgan fingerprint density at radius 2 is 1.87 bits per heavy atom. The summed E-state index contributed by atoms with van der Waals surface area (Å²) in [4.78, 5) is 2.52. The Morgan fingerprint density at radius 1 is 1.33 bits per heavy atom. The lowest BCUT2D eigenvalue weighted by molar-refractivity contribution is -0.0401. The van der Waals surface area contributed by atoms with Crippen molar-refractivity contribution in [3.8, 4) is 0 Å². The zero-order valence-corrected chi connectivity index (χ0v) is 11.1. The Balaban J connectivity index is 2.58. The van der Waals surface area contributed by atoms with E-state index < -0.39 is 0 Å². The molecule has 0 aromatic rings. The summed E-state index contributed by atoms with van der Waals surface area (Å²) in [5.74, 6) is 1.70. The van der Waals surface area contributed by atoms with Gasteiger partial charge in [0.05, 0.1) is 0 Å². The standard InChI is InChI=1S/C13H28N2/c1-6-11(4)15(5)13(9-14)7-12(8-13)10(2)3/h10-12H,6-9,14H2,1-5H3. The van der Waals surface area contributed by atoms with Gasteiger partial charge in [0, 0.05) is 18.1 Å². The molecule has 0 heterocycles. The molecule has 2 nitrogen and oxygen atoms in total. The molecule has 2 heteroatoms. The number of rotatable bonds is 5. The number of hydrogen-bond donors (Lipinski definition) is 1. The molecule has 1 rings (SSSR count). The molecular weight excluding hydrogens is 184 g/mol. The van der Waals surface area contributed by atoms with Gasteiger partial charge in [0.1, 0.15) is 0 Å². The largest absolute Gasteiger partial charge is 0.329 e. The van der Waals surface area contributed by atoms with Crippen molar-refractivity contribution in [2.45, 2.75) is 58.5 Å². The summed E-state index contributed by atoms with van der Waals surface area (Å²) in [6.07, 6.45) is 3.80. The first kappa shape index (κ1) is 13.0. The second kappa shape index (κ2) is 4.84. The van der Waals surface area contributed by atoms with E-state index in [-0.39, 0.29) is 0 Å². The minimum Gasteiger partial charge on any atom is -0.329 e. The zero-order valence-electron chi connectivity index (χ0n) is 11.1. The maximum atomic E-state index is 5.98. The van der Waals surface area contributed by atoms with Crippen molar-refractivity contribution < 1.29 is 0 Å². The van der Waals surface area contributed by atoms with E-state index in [1.807, 2.05) is 0 Å². The lowest BCUT2D eigenvalue weighted by Crippen LogP contribution is -2.63. The third-order valence-corrected chi connectivity index (χ3v) is 4.61. The van der Waals surface area contributed by atoms with E-state index >= 15 is 0 Å². The van der Waals surface area contributed by atoms with E-state index in [1.54, 1.807) is 0 Å². The fourth-order valence-electron chi connectivity index (χ4n) is 2.73. The molecule has 2 N–H and O–H groups in total. The summed E-state index contributed by atoms with van der Waals surface area (Å²) < 4.78 is 0. The Labute approximate surface area is 95.2 Å². The maximum Gasteiger partial charge on any atom is 0.0337 e. The third-order valence-electron chi connectivity index (χ3n) is 4.61. The molecule has 90 valence electrons. The molecular formula is C13H28N2. The smallest absolute Gasteiger partial charge is 0.0337 e. The van der Waals surface area contributed by atoms with E-state index in [2.05, 4.69) is 39.6 Å². The van der Waals surface area contributed by atoms with Crippen molar-refractivity contribution in [3.63, 3.8) is 0 Å². The van der Waals surface area contributed by atoms with Gasteiger partial charge in [-0.05, 0) is 45.1 Å². The molecule has 0 aromatic carbocycles. The predicted molar refractivity (Wildman–Crippen MR) is 66.9 cm³/mol. The minimum atomic E-state index is 0.310. The van der Waals surface area contributed by atoms with E-state index in [9.17, 15) is 0 Å². The van der Waals surface area contributed by atoms with Crippen LogP contribution in [0.1, 0.15) is 47.0 Å². The van der Waals surface area contributed by atoms with Gasteiger partial charge in [0.2, 0.25) is 0 Å². The van der Waals surface area contributed by atoms with Gasteiger partial charge in [0.15, 0.2) is 0 Å². The number of nitrogens with two attached hydrogens (primary N) is 1. The SMILES string of the molecule is CCC(C)N(C)C1(CN)CC(C(C)C)C1. The van der Waals surface area contributed by atoms with Crippen LogP contribution >= 0.6 is 0 Å². The topological polar surface area (TPSA) is 29.3 Å². The second-order valence-electron chi connectivity index (χ2n) is 5.71. The van der Waals surface area contributed by atoms with Crippen LogP contribution in [0.4, 0.5) is 0 Å². The first-order chi connectivity index (χ1) is 6.96. The maximum absolute atomic E-state index is 5.98. The third kappa shape index (κ3) is 2.36. The summed E-state index contributed by atoms with van der Waals surface area (Å²) in [5, 5.41) is 0. The zero-order chi connectivity index (χ0) is 11.6. The van der Waals surface area contributed by atoms with Crippen molar-refractivity contribution in [1.82, 2.24) is 4.90 Å². The van der Waals surface area contributed by atoms with Crippen molar-refractivity contribution in [3.05, 3.63) is 0 Å². The fraction of sp³-hybridized carbons (Fsp3) is 1.00. The van der Waals surface area contributed by atoms with E-state index in [0.29, 0.717) is 11.6 Å². The highest BCUT2D eigenvalue weighted by atomic mass is 15.2. The average Bonchev–Trinajstić information content (AvgIpc) is 2.15. The normalized spacial score (nSPS) is 33.2. The van der Waals surface area contributed by atoms with Crippen LogP contribution < -0.4 is 5.73 Å². The first-order valence-corrected chi connectivity index (χ1v) is 6.40. The first-order valence-electron chi connectivity index (χ1n) is 6.40. The lowest BCUT2D eigenvalue weighted by atomic mass is 9.63. The van der Waals surface area contributed by atoms with Gasteiger partial charge in [-0.15, -0.1) is 0 Å². The molecule has 1 atom stereocenters. The molecule has 0 radical (unpaired) electrons. The van der Waals surface area contributed by atoms with Crippen LogP contribution in [0.15, 0.2) is 0 Å². The second-order valence-corrected chi connectivity index (χ2v) is 5.71. The highest BCUT2D eigenvalue weighted by Crippen LogP contribution is 2.45. The number of hydrogen-bond acceptors (Lipinski definition) is 2. The van der Waals surface area contributed by atoms with Crippen LogP contribution in [-0.2, 0) is 0 Å². The molecule has 0 amide bonds. The molecule has 0 bridgehead atoms.